The number of anilines is 1. The number of hydrogen-bond donors (Lipinski definition) is 1. The first-order chi connectivity index (χ1) is 13.8. The van der Waals surface area contributed by atoms with Crippen LogP contribution in [0.2, 0.25) is 0 Å². The molecule has 0 spiro atoms. The third-order valence-electron chi connectivity index (χ3n) is 4.30. The first-order valence-corrected chi connectivity index (χ1v) is 9.34. The SMILES string of the molecule is COCCOc1ccc(C(=O)Nc2ccc3nc(C(=O)C(C)(C)C)cn3c2)cc1. The molecular weight excluding hydrogens is 370 g/mol. The maximum atomic E-state index is 12.5. The average Bonchev–Trinajstić information content (AvgIpc) is 3.10. The molecule has 1 aromatic carbocycles. The number of carbonyl (C=O) groups excluding carboxylic acids is 2. The molecule has 3 aromatic rings. The predicted octanol–water partition coefficient (Wildman–Crippen LogP) is 3.84. The maximum absolute atomic E-state index is 12.5. The zero-order chi connectivity index (χ0) is 21.0. The Morgan fingerprint density at radius 3 is 2.41 bits per heavy atom. The lowest BCUT2D eigenvalue weighted by molar-refractivity contribution is 0.0853. The largest absolute Gasteiger partial charge is 0.491 e. The number of carbonyl (C=O) groups is 2. The third-order valence-corrected chi connectivity index (χ3v) is 4.30. The Morgan fingerprint density at radius 1 is 1.03 bits per heavy atom. The second kappa shape index (κ2) is 8.45. The van der Waals surface area contributed by atoms with Gasteiger partial charge in [0.05, 0.1) is 12.3 Å². The Kier molecular flexibility index (Phi) is 5.98. The zero-order valence-corrected chi connectivity index (χ0v) is 17.1. The Bertz CT molecular complexity index is 1020. The Hall–Kier alpha value is -3.19. The molecule has 0 saturated carbocycles. The molecule has 1 N–H and O–H groups in total. The minimum absolute atomic E-state index is 0.0282. The summed E-state index contributed by atoms with van der Waals surface area (Å²) in [7, 11) is 1.61. The van der Waals surface area contributed by atoms with Crippen molar-refractivity contribution in [1.29, 1.82) is 0 Å². The molecule has 2 aromatic heterocycles. The van der Waals surface area contributed by atoms with Gasteiger partial charge in [0.1, 0.15) is 23.7 Å². The van der Waals surface area contributed by atoms with Gasteiger partial charge in [-0.25, -0.2) is 4.98 Å². The smallest absolute Gasteiger partial charge is 0.255 e. The van der Waals surface area contributed by atoms with Crippen LogP contribution in [-0.4, -0.2) is 41.4 Å². The summed E-state index contributed by atoms with van der Waals surface area (Å²) in [4.78, 5) is 29.3. The summed E-state index contributed by atoms with van der Waals surface area (Å²) in [5.41, 5.74) is 1.67. The molecule has 7 heteroatoms. The van der Waals surface area contributed by atoms with Crippen molar-refractivity contribution < 1.29 is 19.1 Å². The van der Waals surface area contributed by atoms with Gasteiger partial charge in [0.15, 0.2) is 5.78 Å². The molecule has 29 heavy (non-hydrogen) atoms. The number of methoxy groups -OCH3 is 1. The number of aromatic nitrogens is 2. The number of Topliss-reactive ketones (excluding diaryl/α,β-unsaturated/α-hetero) is 1. The maximum Gasteiger partial charge on any atom is 0.255 e. The van der Waals surface area contributed by atoms with Crippen molar-refractivity contribution in [2.75, 3.05) is 25.6 Å². The highest BCUT2D eigenvalue weighted by atomic mass is 16.5. The lowest BCUT2D eigenvalue weighted by Gasteiger charge is -2.13. The summed E-state index contributed by atoms with van der Waals surface area (Å²) in [6, 6.07) is 10.4. The predicted molar refractivity (Wildman–Crippen MR) is 111 cm³/mol. The molecule has 0 aliphatic heterocycles. The van der Waals surface area contributed by atoms with E-state index in [9.17, 15) is 9.59 Å². The molecule has 0 atom stereocenters. The van der Waals surface area contributed by atoms with Gasteiger partial charge in [-0.05, 0) is 36.4 Å². The number of amides is 1. The molecule has 0 bridgehead atoms. The molecule has 7 nitrogen and oxygen atoms in total. The lowest BCUT2D eigenvalue weighted by atomic mass is 9.89. The van der Waals surface area contributed by atoms with Crippen LogP contribution in [0, 0.1) is 5.41 Å². The number of nitrogens with zero attached hydrogens (tertiary/aromatic N) is 2. The summed E-state index contributed by atoms with van der Waals surface area (Å²) >= 11 is 0. The zero-order valence-electron chi connectivity index (χ0n) is 17.1. The van der Waals surface area contributed by atoms with Gasteiger partial charge in [-0.15, -0.1) is 0 Å². The van der Waals surface area contributed by atoms with Crippen LogP contribution in [0.5, 0.6) is 5.75 Å². The van der Waals surface area contributed by atoms with E-state index in [1.54, 1.807) is 60.3 Å². The molecule has 0 aliphatic carbocycles. The monoisotopic (exact) mass is 395 g/mol. The second-order valence-electron chi connectivity index (χ2n) is 7.71. The van der Waals surface area contributed by atoms with Crippen LogP contribution in [0.25, 0.3) is 5.65 Å². The van der Waals surface area contributed by atoms with Gasteiger partial charge in [0.25, 0.3) is 5.91 Å². The van der Waals surface area contributed by atoms with Crippen molar-refractivity contribution >= 4 is 23.0 Å². The van der Waals surface area contributed by atoms with Crippen LogP contribution in [-0.2, 0) is 4.74 Å². The minimum atomic E-state index is -0.506. The van der Waals surface area contributed by atoms with Crippen molar-refractivity contribution in [3.63, 3.8) is 0 Å². The van der Waals surface area contributed by atoms with Gasteiger partial charge in [-0.2, -0.15) is 0 Å². The van der Waals surface area contributed by atoms with Crippen LogP contribution in [0.1, 0.15) is 41.6 Å². The molecule has 0 fully saturated rings. The van der Waals surface area contributed by atoms with E-state index in [0.717, 1.165) is 0 Å². The fourth-order valence-electron chi connectivity index (χ4n) is 2.71. The molecule has 152 valence electrons. The Labute approximate surface area is 169 Å². The fraction of sp³-hybridized carbons (Fsp3) is 0.318. The Morgan fingerprint density at radius 2 is 1.76 bits per heavy atom. The van der Waals surface area contributed by atoms with Crippen molar-refractivity contribution in [1.82, 2.24) is 9.38 Å². The number of nitrogens with one attached hydrogen (secondary N) is 1. The molecular formula is C22H25N3O4. The van der Waals surface area contributed by atoms with Gasteiger partial charge >= 0.3 is 0 Å². The van der Waals surface area contributed by atoms with Crippen molar-refractivity contribution in [3.8, 4) is 5.75 Å². The highest BCUT2D eigenvalue weighted by molar-refractivity contribution is 6.04. The molecule has 3 rings (SSSR count). The van der Waals surface area contributed by atoms with E-state index in [1.807, 2.05) is 20.8 Å². The number of imidazole rings is 1. The van der Waals surface area contributed by atoms with Crippen LogP contribution in [0.3, 0.4) is 0 Å². The van der Waals surface area contributed by atoms with E-state index in [-0.39, 0.29) is 11.7 Å². The first kappa shape index (κ1) is 20.5. The summed E-state index contributed by atoms with van der Waals surface area (Å²) in [6.07, 6.45) is 3.42. The first-order valence-electron chi connectivity index (χ1n) is 9.34. The number of benzene rings is 1. The number of pyridine rings is 1. The van der Waals surface area contributed by atoms with Gasteiger partial charge in [-0.3, -0.25) is 9.59 Å². The number of ketones is 1. The molecule has 0 unspecified atom stereocenters. The number of hydrogen-bond acceptors (Lipinski definition) is 5. The summed E-state index contributed by atoms with van der Waals surface area (Å²) in [5.74, 6) is 0.410. The van der Waals surface area contributed by atoms with E-state index < -0.39 is 5.41 Å². The van der Waals surface area contributed by atoms with Crippen LogP contribution in [0.4, 0.5) is 5.69 Å². The average molecular weight is 395 g/mol. The van der Waals surface area contributed by atoms with Crippen LogP contribution < -0.4 is 10.1 Å². The van der Waals surface area contributed by atoms with Crippen LogP contribution in [0.15, 0.2) is 48.8 Å². The number of fused-ring (bicyclic) bond motifs is 1. The molecule has 0 radical (unpaired) electrons. The van der Waals surface area contributed by atoms with Gasteiger partial charge < -0.3 is 19.2 Å². The lowest BCUT2D eigenvalue weighted by Crippen LogP contribution is -2.20. The summed E-state index contributed by atoms with van der Waals surface area (Å²) in [5, 5.41) is 2.86. The molecule has 0 saturated heterocycles. The van der Waals surface area contributed by atoms with Gasteiger partial charge in [-0.1, -0.05) is 20.8 Å². The standard InChI is InChI=1S/C22H25N3O4/c1-22(2,3)20(26)18-14-25-13-16(7-10-19(25)24-18)23-21(27)15-5-8-17(9-6-15)29-12-11-28-4/h5-10,13-14H,11-12H2,1-4H3,(H,23,27). The van der Waals surface area contributed by atoms with Crippen LogP contribution >= 0.6 is 0 Å². The summed E-state index contributed by atoms with van der Waals surface area (Å²) < 4.78 is 12.2. The van der Waals surface area contributed by atoms with Crippen molar-refractivity contribution in [2.45, 2.75) is 20.8 Å². The molecule has 1 amide bonds. The van der Waals surface area contributed by atoms with Gasteiger partial charge in [0.2, 0.25) is 0 Å². The third kappa shape index (κ3) is 5.00. The Balaban J connectivity index is 1.71. The van der Waals surface area contributed by atoms with Gasteiger partial charge in [0, 0.05) is 30.5 Å². The molecule has 2 heterocycles. The van der Waals surface area contributed by atoms with Crippen molar-refractivity contribution in [2.24, 2.45) is 5.41 Å². The van der Waals surface area contributed by atoms with E-state index in [0.29, 0.717) is 41.6 Å². The van der Waals surface area contributed by atoms with E-state index >= 15 is 0 Å². The number of rotatable bonds is 7. The fourth-order valence-corrected chi connectivity index (χ4v) is 2.71. The molecule has 0 aliphatic rings. The van der Waals surface area contributed by atoms with E-state index in [1.165, 1.54) is 0 Å². The quantitative estimate of drug-likeness (QED) is 0.485. The second-order valence-corrected chi connectivity index (χ2v) is 7.71. The van der Waals surface area contributed by atoms with E-state index in [2.05, 4.69) is 10.3 Å². The number of ether oxygens (including phenoxy) is 2. The highest BCUT2D eigenvalue weighted by Crippen LogP contribution is 2.21. The van der Waals surface area contributed by atoms with Crippen molar-refractivity contribution in [3.05, 3.63) is 60.0 Å². The highest BCUT2D eigenvalue weighted by Gasteiger charge is 2.25. The topological polar surface area (TPSA) is 81.9 Å². The van der Waals surface area contributed by atoms with E-state index in [4.69, 9.17) is 9.47 Å². The normalized spacial score (nSPS) is 11.4. The summed E-state index contributed by atoms with van der Waals surface area (Å²) in [6.45, 7) is 6.53. The minimum Gasteiger partial charge on any atom is -0.491 e.